The number of aromatic hydroxyl groups is 1. The summed E-state index contributed by atoms with van der Waals surface area (Å²) in [6.45, 7) is 4.29. The molecule has 78 valence electrons. The first kappa shape index (κ1) is 11.2. The van der Waals surface area contributed by atoms with E-state index < -0.39 is 0 Å². The lowest BCUT2D eigenvalue weighted by Gasteiger charge is -2.08. The molecule has 0 radical (unpaired) electrons. The van der Waals surface area contributed by atoms with E-state index in [0.717, 1.165) is 11.3 Å². The maximum absolute atomic E-state index is 9.64. The molecular formula is C11H16O2S. The molecule has 1 aromatic carbocycles. The number of methoxy groups -OCH3 is 1. The van der Waals surface area contributed by atoms with Gasteiger partial charge in [0.2, 0.25) is 0 Å². The van der Waals surface area contributed by atoms with E-state index in [4.69, 9.17) is 4.74 Å². The molecule has 0 aliphatic carbocycles. The van der Waals surface area contributed by atoms with Gasteiger partial charge in [-0.15, -0.1) is 0 Å². The van der Waals surface area contributed by atoms with Crippen molar-refractivity contribution in [2.45, 2.75) is 24.9 Å². The number of phenols is 1. The number of benzene rings is 1. The average Bonchev–Trinajstić information content (AvgIpc) is 2.15. The van der Waals surface area contributed by atoms with E-state index in [2.05, 4.69) is 13.8 Å². The lowest BCUT2D eigenvalue weighted by molar-refractivity contribution is 0.407. The third-order valence-electron chi connectivity index (χ3n) is 1.86. The number of ether oxygens (including phenoxy) is 1. The van der Waals surface area contributed by atoms with E-state index in [1.165, 1.54) is 0 Å². The second-order valence-electron chi connectivity index (χ2n) is 3.35. The molecule has 1 rings (SSSR count). The Bertz CT molecular complexity index is 297. The minimum Gasteiger partial charge on any atom is -0.507 e. The van der Waals surface area contributed by atoms with Gasteiger partial charge < -0.3 is 9.84 Å². The Labute approximate surface area is 89.3 Å². The molecule has 0 aromatic heterocycles. The van der Waals surface area contributed by atoms with Crippen molar-refractivity contribution >= 4 is 11.8 Å². The van der Waals surface area contributed by atoms with E-state index >= 15 is 0 Å². The number of thioether (sulfide) groups is 1. The highest BCUT2D eigenvalue weighted by Crippen LogP contribution is 2.27. The molecule has 3 heteroatoms. The van der Waals surface area contributed by atoms with Crippen LogP contribution < -0.4 is 4.74 Å². The van der Waals surface area contributed by atoms with E-state index in [0.29, 0.717) is 16.7 Å². The molecule has 0 amide bonds. The predicted molar refractivity (Wildman–Crippen MR) is 61.1 cm³/mol. The Morgan fingerprint density at radius 1 is 1.43 bits per heavy atom. The second kappa shape index (κ2) is 5.15. The minimum atomic E-state index is 0.317. The van der Waals surface area contributed by atoms with E-state index in [9.17, 15) is 5.11 Å². The SMILES string of the molecule is COc1ccc(CSC(C)C)c(O)c1. The maximum atomic E-state index is 9.64. The van der Waals surface area contributed by atoms with Gasteiger partial charge in [-0.05, 0) is 11.3 Å². The summed E-state index contributed by atoms with van der Waals surface area (Å²) in [5, 5.41) is 10.2. The first-order valence-electron chi connectivity index (χ1n) is 4.61. The van der Waals surface area contributed by atoms with Crippen LogP contribution in [0.2, 0.25) is 0 Å². The highest BCUT2D eigenvalue weighted by atomic mass is 32.2. The third kappa shape index (κ3) is 3.14. The number of phenolic OH excluding ortho intramolecular Hbond substituents is 1. The van der Waals surface area contributed by atoms with Crippen molar-refractivity contribution < 1.29 is 9.84 Å². The fourth-order valence-corrected chi connectivity index (χ4v) is 1.81. The van der Waals surface area contributed by atoms with Crippen molar-refractivity contribution in [3.05, 3.63) is 23.8 Å². The molecule has 0 saturated carbocycles. The van der Waals surface area contributed by atoms with Gasteiger partial charge in [0, 0.05) is 17.4 Å². The predicted octanol–water partition coefficient (Wildman–Crippen LogP) is 3.04. The third-order valence-corrected chi connectivity index (χ3v) is 3.01. The largest absolute Gasteiger partial charge is 0.507 e. The highest BCUT2D eigenvalue weighted by molar-refractivity contribution is 7.99. The molecule has 14 heavy (non-hydrogen) atoms. The normalized spacial score (nSPS) is 10.6. The molecule has 0 heterocycles. The summed E-state index contributed by atoms with van der Waals surface area (Å²) in [7, 11) is 1.59. The van der Waals surface area contributed by atoms with Crippen LogP contribution in [0.4, 0.5) is 0 Å². The number of rotatable bonds is 4. The van der Waals surface area contributed by atoms with Crippen molar-refractivity contribution in [3.63, 3.8) is 0 Å². The molecule has 0 atom stereocenters. The van der Waals surface area contributed by atoms with Crippen molar-refractivity contribution in [2.24, 2.45) is 0 Å². The molecule has 0 bridgehead atoms. The van der Waals surface area contributed by atoms with E-state index in [1.54, 1.807) is 13.2 Å². The molecule has 0 fully saturated rings. The maximum Gasteiger partial charge on any atom is 0.123 e. The van der Waals surface area contributed by atoms with Crippen LogP contribution in [0.15, 0.2) is 18.2 Å². The molecule has 0 aliphatic heterocycles. The standard InChI is InChI=1S/C11H16O2S/c1-8(2)14-7-9-4-5-10(13-3)6-11(9)12/h4-6,8,12H,7H2,1-3H3. The summed E-state index contributed by atoms with van der Waals surface area (Å²) >= 11 is 1.81. The lowest BCUT2D eigenvalue weighted by Crippen LogP contribution is -1.90. The fourth-order valence-electron chi connectivity index (χ4n) is 1.05. The molecule has 1 N–H and O–H groups in total. The Kier molecular flexibility index (Phi) is 4.14. The quantitative estimate of drug-likeness (QED) is 0.831. The summed E-state index contributed by atoms with van der Waals surface area (Å²) in [6, 6.07) is 5.43. The van der Waals surface area contributed by atoms with Crippen LogP contribution >= 0.6 is 11.8 Å². The zero-order valence-corrected chi connectivity index (χ0v) is 9.60. The van der Waals surface area contributed by atoms with Crippen molar-refractivity contribution in [2.75, 3.05) is 7.11 Å². The zero-order valence-electron chi connectivity index (χ0n) is 8.78. The number of hydrogen-bond acceptors (Lipinski definition) is 3. The van der Waals surface area contributed by atoms with Crippen LogP contribution in [0.3, 0.4) is 0 Å². The monoisotopic (exact) mass is 212 g/mol. The summed E-state index contributed by atoms with van der Waals surface area (Å²) in [5.41, 5.74) is 0.963. The van der Waals surface area contributed by atoms with Gasteiger partial charge in [0.1, 0.15) is 11.5 Å². The minimum absolute atomic E-state index is 0.317. The van der Waals surface area contributed by atoms with Gasteiger partial charge >= 0.3 is 0 Å². The molecule has 2 nitrogen and oxygen atoms in total. The fraction of sp³-hybridized carbons (Fsp3) is 0.455. The Morgan fingerprint density at radius 3 is 2.64 bits per heavy atom. The van der Waals surface area contributed by atoms with Crippen LogP contribution in [0.5, 0.6) is 11.5 Å². The first-order chi connectivity index (χ1) is 6.63. The Balaban J connectivity index is 2.69. The topological polar surface area (TPSA) is 29.5 Å². The van der Waals surface area contributed by atoms with Gasteiger partial charge in [-0.25, -0.2) is 0 Å². The van der Waals surface area contributed by atoms with Crippen LogP contribution in [0, 0.1) is 0 Å². The van der Waals surface area contributed by atoms with Crippen LogP contribution in [0.1, 0.15) is 19.4 Å². The van der Waals surface area contributed by atoms with Gasteiger partial charge in [-0.2, -0.15) is 11.8 Å². The summed E-state index contributed by atoms with van der Waals surface area (Å²) < 4.78 is 5.01. The second-order valence-corrected chi connectivity index (χ2v) is 4.92. The van der Waals surface area contributed by atoms with Gasteiger partial charge in [-0.3, -0.25) is 0 Å². The van der Waals surface area contributed by atoms with Gasteiger partial charge in [-0.1, -0.05) is 19.9 Å². The number of hydrogen-bond donors (Lipinski definition) is 1. The molecule has 0 spiro atoms. The Morgan fingerprint density at radius 2 is 2.14 bits per heavy atom. The molecule has 0 unspecified atom stereocenters. The van der Waals surface area contributed by atoms with Crippen molar-refractivity contribution in [1.29, 1.82) is 0 Å². The zero-order chi connectivity index (χ0) is 10.6. The van der Waals surface area contributed by atoms with Crippen molar-refractivity contribution in [1.82, 2.24) is 0 Å². The van der Waals surface area contributed by atoms with Gasteiger partial charge in [0.05, 0.1) is 7.11 Å². The summed E-state index contributed by atoms with van der Waals surface area (Å²) in [5.74, 6) is 1.85. The Hall–Kier alpha value is -0.830. The smallest absolute Gasteiger partial charge is 0.123 e. The lowest BCUT2D eigenvalue weighted by atomic mass is 10.2. The molecule has 0 saturated heterocycles. The van der Waals surface area contributed by atoms with Crippen LogP contribution in [0.25, 0.3) is 0 Å². The van der Waals surface area contributed by atoms with E-state index in [1.807, 2.05) is 23.9 Å². The summed E-state index contributed by atoms with van der Waals surface area (Å²) in [4.78, 5) is 0. The summed E-state index contributed by atoms with van der Waals surface area (Å²) in [6.07, 6.45) is 0. The van der Waals surface area contributed by atoms with Gasteiger partial charge in [0.25, 0.3) is 0 Å². The molecular weight excluding hydrogens is 196 g/mol. The van der Waals surface area contributed by atoms with Crippen molar-refractivity contribution in [3.8, 4) is 11.5 Å². The van der Waals surface area contributed by atoms with E-state index in [-0.39, 0.29) is 0 Å². The average molecular weight is 212 g/mol. The highest BCUT2D eigenvalue weighted by Gasteiger charge is 2.04. The molecule has 1 aromatic rings. The van der Waals surface area contributed by atoms with Gasteiger partial charge in [0.15, 0.2) is 0 Å². The van der Waals surface area contributed by atoms with Crippen LogP contribution in [-0.4, -0.2) is 17.5 Å². The van der Waals surface area contributed by atoms with Crippen LogP contribution in [-0.2, 0) is 5.75 Å². The first-order valence-corrected chi connectivity index (χ1v) is 5.66. The molecule has 0 aliphatic rings.